The largest absolute Gasteiger partial charge is 0.476 e. The number of hydrogen-bond acceptors (Lipinski definition) is 4. The number of rotatable bonds is 6. The highest BCUT2D eigenvalue weighted by molar-refractivity contribution is 5.84. The Balaban J connectivity index is 1.77. The van der Waals surface area contributed by atoms with E-state index in [-0.39, 0.29) is 17.5 Å². The lowest BCUT2D eigenvalue weighted by molar-refractivity contribution is -0.125. The maximum Gasteiger partial charge on any atom is 0.356 e. The van der Waals surface area contributed by atoms with Crippen molar-refractivity contribution in [1.29, 1.82) is 0 Å². The van der Waals surface area contributed by atoms with Crippen molar-refractivity contribution in [1.82, 2.24) is 14.9 Å². The van der Waals surface area contributed by atoms with Gasteiger partial charge in [-0.25, -0.2) is 9.78 Å². The minimum absolute atomic E-state index is 0.00955. The van der Waals surface area contributed by atoms with Gasteiger partial charge in [0.25, 0.3) is 0 Å². The van der Waals surface area contributed by atoms with Crippen LogP contribution in [0.2, 0.25) is 0 Å². The van der Waals surface area contributed by atoms with Gasteiger partial charge < -0.3 is 20.7 Å². The molecular weight excluding hydrogens is 260 g/mol. The molecule has 0 aliphatic heterocycles. The summed E-state index contributed by atoms with van der Waals surface area (Å²) < 4.78 is 1.65. The summed E-state index contributed by atoms with van der Waals surface area (Å²) in [5.74, 6) is -0.680. The van der Waals surface area contributed by atoms with Crippen molar-refractivity contribution in [2.24, 2.45) is 17.6 Å². The van der Waals surface area contributed by atoms with Crippen LogP contribution in [0.25, 0.3) is 0 Å². The molecule has 1 saturated carbocycles. The third-order valence-electron chi connectivity index (χ3n) is 3.82. The Bertz CT molecular complexity index is 486. The molecule has 0 bridgehead atoms. The van der Waals surface area contributed by atoms with E-state index in [1.54, 1.807) is 4.57 Å². The number of carboxylic acid groups (broad SMARTS) is 1. The average molecular weight is 280 g/mol. The maximum atomic E-state index is 12.0. The zero-order chi connectivity index (χ0) is 14.5. The Morgan fingerprint density at radius 1 is 1.50 bits per heavy atom. The Hall–Kier alpha value is -1.89. The highest BCUT2D eigenvalue weighted by atomic mass is 16.4. The van der Waals surface area contributed by atoms with Crippen molar-refractivity contribution in [2.75, 3.05) is 13.1 Å². The Morgan fingerprint density at radius 3 is 2.95 bits per heavy atom. The van der Waals surface area contributed by atoms with E-state index in [0.29, 0.717) is 25.6 Å². The fourth-order valence-corrected chi connectivity index (χ4v) is 2.70. The minimum atomic E-state index is -1.05. The number of nitrogens with two attached hydrogens (primary N) is 1. The summed E-state index contributed by atoms with van der Waals surface area (Å²) in [7, 11) is 0. The van der Waals surface area contributed by atoms with Gasteiger partial charge in [0, 0.05) is 25.2 Å². The van der Waals surface area contributed by atoms with E-state index < -0.39 is 5.97 Å². The molecule has 1 amide bonds. The van der Waals surface area contributed by atoms with E-state index in [1.807, 2.05) is 0 Å². The summed E-state index contributed by atoms with van der Waals surface area (Å²) in [4.78, 5) is 26.5. The van der Waals surface area contributed by atoms with Crippen LogP contribution < -0.4 is 11.1 Å². The molecule has 2 atom stereocenters. The molecule has 1 aliphatic carbocycles. The normalized spacial score (nSPS) is 21.9. The van der Waals surface area contributed by atoms with Crippen LogP contribution in [0.1, 0.15) is 29.8 Å². The fraction of sp³-hybridized carbons (Fsp3) is 0.615. The van der Waals surface area contributed by atoms with Gasteiger partial charge in [-0.2, -0.15) is 0 Å². The van der Waals surface area contributed by atoms with Crippen molar-refractivity contribution in [3.05, 3.63) is 18.2 Å². The number of carbonyl (C=O) groups is 2. The topological polar surface area (TPSA) is 110 Å². The first kappa shape index (κ1) is 14.5. The van der Waals surface area contributed by atoms with Crippen molar-refractivity contribution < 1.29 is 14.7 Å². The first-order chi connectivity index (χ1) is 9.61. The van der Waals surface area contributed by atoms with Crippen LogP contribution in [-0.2, 0) is 11.3 Å². The summed E-state index contributed by atoms with van der Waals surface area (Å²) in [5, 5.41) is 11.6. The molecule has 7 nitrogen and oxygen atoms in total. The molecule has 0 aromatic carbocycles. The Labute approximate surface area is 117 Å². The third-order valence-corrected chi connectivity index (χ3v) is 3.82. The van der Waals surface area contributed by atoms with Crippen LogP contribution >= 0.6 is 0 Å². The summed E-state index contributed by atoms with van der Waals surface area (Å²) in [6.07, 6.45) is 5.89. The molecule has 1 aromatic rings. The molecule has 2 rings (SSSR count). The van der Waals surface area contributed by atoms with E-state index in [2.05, 4.69) is 10.3 Å². The molecule has 20 heavy (non-hydrogen) atoms. The van der Waals surface area contributed by atoms with E-state index in [4.69, 9.17) is 10.8 Å². The number of imidazole rings is 1. The lowest BCUT2D eigenvalue weighted by Crippen LogP contribution is -2.36. The van der Waals surface area contributed by atoms with Crippen LogP contribution in [0.5, 0.6) is 0 Å². The molecular formula is C13H20N4O3. The van der Waals surface area contributed by atoms with Crippen LogP contribution in [0, 0.1) is 11.8 Å². The fourth-order valence-electron chi connectivity index (χ4n) is 2.70. The number of aromatic carboxylic acids is 1. The second kappa shape index (κ2) is 6.51. The molecule has 0 radical (unpaired) electrons. The van der Waals surface area contributed by atoms with Gasteiger partial charge >= 0.3 is 5.97 Å². The number of nitrogens with zero attached hydrogens (tertiary/aromatic N) is 2. The molecule has 4 N–H and O–H groups in total. The molecule has 7 heteroatoms. The molecule has 1 aliphatic rings. The van der Waals surface area contributed by atoms with E-state index in [9.17, 15) is 9.59 Å². The van der Waals surface area contributed by atoms with Gasteiger partial charge in [0.1, 0.15) is 0 Å². The van der Waals surface area contributed by atoms with Crippen LogP contribution in [-0.4, -0.2) is 39.6 Å². The molecule has 1 aromatic heterocycles. The summed E-state index contributed by atoms with van der Waals surface area (Å²) >= 11 is 0. The molecule has 2 unspecified atom stereocenters. The van der Waals surface area contributed by atoms with Crippen LogP contribution in [0.15, 0.2) is 12.5 Å². The van der Waals surface area contributed by atoms with Crippen molar-refractivity contribution in [2.45, 2.75) is 25.8 Å². The zero-order valence-corrected chi connectivity index (χ0v) is 11.3. The van der Waals surface area contributed by atoms with Crippen molar-refractivity contribution >= 4 is 11.9 Å². The number of carboxylic acids is 1. The molecule has 0 saturated heterocycles. The molecule has 1 heterocycles. The van der Waals surface area contributed by atoms with Crippen molar-refractivity contribution in [3.63, 3.8) is 0 Å². The second-order valence-corrected chi connectivity index (χ2v) is 5.13. The maximum absolute atomic E-state index is 12.0. The molecule has 0 spiro atoms. The average Bonchev–Trinajstić information content (AvgIpc) is 3.07. The van der Waals surface area contributed by atoms with Crippen LogP contribution in [0.4, 0.5) is 0 Å². The Kier molecular flexibility index (Phi) is 4.73. The lowest BCUT2D eigenvalue weighted by Gasteiger charge is -2.17. The van der Waals surface area contributed by atoms with Gasteiger partial charge in [0.2, 0.25) is 5.91 Å². The standard InChI is InChI=1S/C13H20N4O3/c14-6-9-2-1-3-10(9)12(18)15-4-5-17-7-11(13(19)20)16-8-17/h7-10H,1-6,14H2,(H,15,18)(H,19,20). The van der Waals surface area contributed by atoms with Crippen LogP contribution in [0.3, 0.4) is 0 Å². The van der Waals surface area contributed by atoms with E-state index in [0.717, 1.165) is 19.3 Å². The summed E-state index contributed by atoms with van der Waals surface area (Å²) in [5.41, 5.74) is 5.67. The van der Waals surface area contributed by atoms with Crippen molar-refractivity contribution in [3.8, 4) is 0 Å². The highest BCUT2D eigenvalue weighted by Gasteiger charge is 2.31. The zero-order valence-electron chi connectivity index (χ0n) is 11.3. The number of nitrogens with one attached hydrogen (secondary N) is 1. The van der Waals surface area contributed by atoms with E-state index >= 15 is 0 Å². The minimum Gasteiger partial charge on any atom is -0.476 e. The van der Waals surface area contributed by atoms with Gasteiger partial charge in [0.15, 0.2) is 5.69 Å². The smallest absolute Gasteiger partial charge is 0.356 e. The lowest BCUT2D eigenvalue weighted by atomic mass is 9.95. The molecule has 1 fully saturated rings. The third kappa shape index (κ3) is 3.36. The highest BCUT2D eigenvalue weighted by Crippen LogP contribution is 2.30. The predicted octanol–water partition coefficient (Wildman–Crippen LogP) is 0.0725. The van der Waals surface area contributed by atoms with Gasteiger partial charge in [-0.15, -0.1) is 0 Å². The molecule has 110 valence electrons. The monoisotopic (exact) mass is 280 g/mol. The van der Waals surface area contributed by atoms with E-state index in [1.165, 1.54) is 12.5 Å². The summed E-state index contributed by atoms with van der Waals surface area (Å²) in [6.45, 7) is 1.52. The predicted molar refractivity (Wildman–Crippen MR) is 72.1 cm³/mol. The summed E-state index contributed by atoms with van der Waals surface area (Å²) in [6, 6.07) is 0. The number of aromatic nitrogens is 2. The first-order valence-corrected chi connectivity index (χ1v) is 6.84. The van der Waals surface area contributed by atoms with Gasteiger partial charge in [-0.1, -0.05) is 6.42 Å². The Morgan fingerprint density at radius 2 is 2.30 bits per heavy atom. The number of carbonyl (C=O) groups excluding carboxylic acids is 1. The van der Waals surface area contributed by atoms with Gasteiger partial charge in [0.05, 0.1) is 6.33 Å². The quantitative estimate of drug-likeness (QED) is 0.683. The van der Waals surface area contributed by atoms with Gasteiger partial charge in [-0.05, 0) is 25.3 Å². The number of amides is 1. The first-order valence-electron chi connectivity index (χ1n) is 6.84. The van der Waals surface area contributed by atoms with Gasteiger partial charge in [-0.3, -0.25) is 4.79 Å². The SMILES string of the molecule is NCC1CCCC1C(=O)NCCn1cnc(C(=O)O)c1. The second-order valence-electron chi connectivity index (χ2n) is 5.13. The number of hydrogen-bond donors (Lipinski definition) is 3.